The molecule has 0 radical (unpaired) electrons. The van der Waals surface area contributed by atoms with E-state index < -0.39 is 0 Å². The van der Waals surface area contributed by atoms with Crippen molar-refractivity contribution in [3.05, 3.63) is 21.3 Å². The Morgan fingerprint density at radius 1 is 1.61 bits per heavy atom. The van der Waals surface area contributed by atoms with Gasteiger partial charge in [0.2, 0.25) is 5.91 Å². The molecule has 1 aromatic heterocycles. The minimum absolute atomic E-state index is 0.0305. The fourth-order valence-electron chi connectivity index (χ4n) is 1.48. The van der Waals surface area contributed by atoms with Crippen molar-refractivity contribution < 1.29 is 9.90 Å². The van der Waals surface area contributed by atoms with E-state index in [1.165, 1.54) is 4.88 Å². The van der Waals surface area contributed by atoms with Gasteiger partial charge in [-0.1, -0.05) is 18.5 Å². The van der Waals surface area contributed by atoms with Crippen LogP contribution in [0.5, 0.6) is 0 Å². The minimum atomic E-state index is 0.0305. The fourth-order valence-corrected chi connectivity index (χ4v) is 3.51. The average Bonchev–Trinajstić information content (AvgIpc) is 2.74. The number of amides is 1. The number of carbonyl (C=O) groups is 1. The van der Waals surface area contributed by atoms with Crippen molar-refractivity contribution in [3.63, 3.8) is 0 Å². The Morgan fingerprint density at radius 2 is 2.39 bits per heavy atom. The maximum atomic E-state index is 11.6. The molecule has 18 heavy (non-hydrogen) atoms. The van der Waals surface area contributed by atoms with Crippen LogP contribution in [0.25, 0.3) is 0 Å². The third-order valence-electron chi connectivity index (χ3n) is 2.44. The third kappa shape index (κ3) is 6.09. The maximum absolute atomic E-state index is 11.6. The Balaban J connectivity index is 2.20. The molecule has 102 valence electrons. The summed E-state index contributed by atoms with van der Waals surface area (Å²) in [5, 5.41) is 11.8. The molecule has 2 N–H and O–H groups in total. The van der Waals surface area contributed by atoms with Crippen LogP contribution in [-0.4, -0.2) is 29.4 Å². The lowest BCUT2D eigenvalue weighted by molar-refractivity contribution is -0.119. The number of aliphatic hydroxyl groups excluding tert-OH is 1. The van der Waals surface area contributed by atoms with Gasteiger partial charge in [0.15, 0.2) is 0 Å². The van der Waals surface area contributed by atoms with Crippen molar-refractivity contribution in [2.45, 2.75) is 31.6 Å². The second-order valence-corrected chi connectivity index (χ2v) is 6.67. The van der Waals surface area contributed by atoms with Crippen LogP contribution in [0.2, 0.25) is 4.34 Å². The molecule has 0 spiro atoms. The van der Waals surface area contributed by atoms with Crippen molar-refractivity contribution >= 4 is 40.6 Å². The largest absolute Gasteiger partial charge is 0.396 e. The minimum Gasteiger partial charge on any atom is -0.396 e. The summed E-state index contributed by atoms with van der Waals surface area (Å²) in [7, 11) is 0. The van der Waals surface area contributed by atoms with Crippen LogP contribution in [0.3, 0.4) is 0 Å². The van der Waals surface area contributed by atoms with Crippen LogP contribution in [-0.2, 0) is 10.5 Å². The summed E-state index contributed by atoms with van der Waals surface area (Å²) in [6.07, 6.45) is 1.46. The van der Waals surface area contributed by atoms with Gasteiger partial charge in [-0.25, -0.2) is 0 Å². The maximum Gasteiger partial charge on any atom is 0.230 e. The third-order valence-corrected chi connectivity index (χ3v) is 4.84. The summed E-state index contributed by atoms with van der Waals surface area (Å²) in [5.41, 5.74) is 0. The monoisotopic (exact) mass is 307 g/mol. The first kappa shape index (κ1) is 15.8. The van der Waals surface area contributed by atoms with E-state index in [2.05, 4.69) is 5.32 Å². The van der Waals surface area contributed by atoms with Gasteiger partial charge in [-0.3, -0.25) is 4.79 Å². The first-order chi connectivity index (χ1) is 8.65. The second kappa shape index (κ2) is 8.80. The van der Waals surface area contributed by atoms with Crippen LogP contribution in [0.1, 0.15) is 24.6 Å². The lowest BCUT2D eigenvalue weighted by Crippen LogP contribution is -2.36. The smallest absolute Gasteiger partial charge is 0.230 e. The van der Waals surface area contributed by atoms with Crippen LogP contribution < -0.4 is 5.32 Å². The van der Waals surface area contributed by atoms with E-state index in [9.17, 15) is 4.79 Å². The lowest BCUT2D eigenvalue weighted by Gasteiger charge is -2.15. The van der Waals surface area contributed by atoms with E-state index in [0.29, 0.717) is 12.2 Å². The quantitative estimate of drug-likeness (QED) is 0.776. The first-order valence-electron chi connectivity index (χ1n) is 5.88. The Labute approximate surface area is 121 Å². The van der Waals surface area contributed by atoms with Gasteiger partial charge in [0.25, 0.3) is 0 Å². The molecule has 1 aromatic rings. The van der Waals surface area contributed by atoms with Crippen LogP contribution >= 0.6 is 34.7 Å². The Hall–Kier alpha value is -0.230. The predicted molar refractivity (Wildman–Crippen MR) is 79.4 cm³/mol. The summed E-state index contributed by atoms with van der Waals surface area (Å²) in [6, 6.07) is 3.94. The number of hydrogen-bond acceptors (Lipinski definition) is 4. The summed E-state index contributed by atoms with van der Waals surface area (Å²) < 4.78 is 0.782. The molecule has 0 aliphatic carbocycles. The number of thiophene rings is 1. The van der Waals surface area contributed by atoms with E-state index in [-0.39, 0.29) is 18.6 Å². The van der Waals surface area contributed by atoms with Gasteiger partial charge in [0.05, 0.1) is 10.1 Å². The first-order valence-corrected chi connectivity index (χ1v) is 8.22. The Bertz CT molecular complexity index is 371. The van der Waals surface area contributed by atoms with Crippen LogP contribution in [0.15, 0.2) is 12.1 Å². The number of aliphatic hydroxyl groups is 1. The standard InChI is InChI=1S/C12H18ClNO2S2/c1-2-9(5-6-15)14-12(16)8-17-7-10-3-4-11(13)18-10/h3-4,9,15H,2,5-8H2,1H3,(H,14,16). The molecule has 0 bridgehead atoms. The average molecular weight is 308 g/mol. The van der Waals surface area contributed by atoms with Gasteiger partial charge in [0, 0.05) is 23.3 Å². The van der Waals surface area contributed by atoms with E-state index >= 15 is 0 Å². The SMILES string of the molecule is CCC(CCO)NC(=O)CSCc1ccc(Cl)s1. The summed E-state index contributed by atoms with van der Waals surface area (Å²) in [6.45, 7) is 2.11. The number of rotatable bonds is 8. The van der Waals surface area contributed by atoms with E-state index in [1.807, 2.05) is 19.1 Å². The second-order valence-electron chi connectivity index (χ2n) is 3.88. The molecule has 6 heteroatoms. The highest BCUT2D eigenvalue weighted by Gasteiger charge is 2.09. The van der Waals surface area contributed by atoms with Crippen LogP contribution in [0, 0.1) is 0 Å². The zero-order valence-corrected chi connectivity index (χ0v) is 12.7. The summed E-state index contributed by atoms with van der Waals surface area (Å²) >= 11 is 8.95. The molecule has 3 nitrogen and oxygen atoms in total. The summed E-state index contributed by atoms with van der Waals surface area (Å²) in [5.74, 6) is 1.28. The normalized spacial score (nSPS) is 12.4. The zero-order chi connectivity index (χ0) is 13.4. The van der Waals surface area contributed by atoms with Crippen molar-refractivity contribution in [2.24, 2.45) is 0 Å². The molecule has 1 rings (SSSR count). The highest BCUT2D eigenvalue weighted by Crippen LogP contribution is 2.24. The zero-order valence-electron chi connectivity index (χ0n) is 10.3. The number of carbonyl (C=O) groups excluding carboxylic acids is 1. The van der Waals surface area contributed by atoms with Gasteiger partial charge >= 0.3 is 0 Å². The molecular weight excluding hydrogens is 290 g/mol. The van der Waals surface area contributed by atoms with Crippen molar-refractivity contribution in [1.29, 1.82) is 0 Å². The van der Waals surface area contributed by atoms with Gasteiger partial charge in [-0.05, 0) is 25.0 Å². The van der Waals surface area contributed by atoms with Crippen molar-refractivity contribution in [1.82, 2.24) is 5.32 Å². The number of hydrogen-bond donors (Lipinski definition) is 2. The fraction of sp³-hybridized carbons (Fsp3) is 0.583. The highest BCUT2D eigenvalue weighted by atomic mass is 35.5. The number of thioether (sulfide) groups is 1. The molecule has 1 unspecified atom stereocenters. The predicted octanol–water partition coefficient (Wildman–Crippen LogP) is 2.91. The molecule has 0 saturated carbocycles. The molecule has 0 aliphatic rings. The van der Waals surface area contributed by atoms with Gasteiger partial charge in [-0.15, -0.1) is 23.1 Å². The van der Waals surface area contributed by atoms with E-state index in [1.54, 1.807) is 23.1 Å². The van der Waals surface area contributed by atoms with Crippen LogP contribution in [0.4, 0.5) is 0 Å². The number of nitrogens with one attached hydrogen (secondary N) is 1. The highest BCUT2D eigenvalue weighted by molar-refractivity contribution is 7.99. The van der Waals surface area contributed by atoms with Gasteiger partial charge in [-0.2, -0.15) is 0 Å². The molecule has 0 aromatic carbocycles. The van der Waals surface area contributed by atoms with Gasteiger partial charge < -0.3 is 10.4 Å². The lowest BCUT2D eigenvalue weighted by atomic mass is 10.1. The number of halogens is 1. The Kier molecular flexibility index (Phi) is 7.74. The molecule has 1 heterocycles. The van der Waals surface area contributed by atoms with Crippen molar-refractivity contribution in [2.75, 3.05) is 12.4 Å². The molecular formula is C12H18ClNO2S2. The van der Waals surface area contributed by atoms with Crippen molar-refractivity contribution in [3.8, 4) is 0 Å². The molecule has 0 saturated heterocycles. The molecule has 1 atom stereocenters. The summed E-state index contributed by atoms with van der Waals surface area (Å²) in [4.78, 5) is 12.8. The van der Waals surface area contributed by atoms with E-state index in [4.69, 9.17) is 16.7 Å². The molecule has 0 fully saturated rings. The topological polar surface area (TPSA) is 49.3 Å². The van der Waals surface area contributed by atoms with E-state index in [0.717, 1.165) is 16.5 Å². The van der Waals surface area contributed by atoms with Gasteiger partial charge in [0.1, 0.15) is 0 Å². The Morgan fingerprint density at radius 3 is 2.94 bits per heavy atom. The molecule has 1 amide bonds. The molecule has 0 aliphatic heterocycles.